The molecule has 2 aliphatic rings. The number of amides is 1. The van der Waals surface area contributed by atoms with Gasteiger partial charge in [0.15, 0.2) is 0 Å². The lowest BCUT2D eigenvalue weighted by Gasteiger charge is -2.24. The van der Waals surface area contributed by atoms with Gasteiger partial charge in [-0.1, -0.05) is 0 Å². The van der Waals surface area contributed by atoms with Crippen LogP contribution in [0.2, 0.25) is 0 Å². The van der Waals surface area contributed by atoms with E-state index in [2.05, 4.69) is 4.90 Å². The summed E-state index contributed by atoms with van der Waals surface area (Å²) in [5, 5.41) is 0. The highest BCUT2D eigenvalue weighted by molar-refractivity contribution is 5.77. The van der Waals surface area contributed by atoms with Crippen molar-refractivity contribution in [2.45, 2.75) is 51.0 Å². The molecule has 1 heterocycles. The molecule has 0 aromatic carbocycles. The number of likely N-dealkylation sites (tertiary alicyclic amines) is 1. The quantitative estimate of drug-likeness (QED) is 0.747. The highest BCUT2D eigenvalue weighted by Gasteiger charge is 2.32. The first kappa shape index (κ1) is 10.9. The molecule has 1 saturated heterocycles. The molecule has 3 heteroatoms. The Morgan fingerprint density at radius 1 is 1.33 bits per heavy atom. The fraction of sp³-hybridized carbons (Fsp3) is 0.917. The van der Waals surface area contributed by atoms with E-state index < -0.39 is 0 Å². The Morgan fingerprint density at radius 3 is 2.80 bits per heavy atom. The third kappa shape index (κ3) is 2.94. The second-order valence-electron chi connectivity index (χ2n) is 4.96. The van der Waals surface area contributed by atoms with E-state index in [0.29, 0.717) is 17.9 Å². The molecule has 0 spiro atoms. The van der Waals surface area contributed by atoms with E-state index in [1.807, 2.05) is 0 Å². The summed E-state index contributed by atoms with van der Waals surface area (Å²) in [6.45, 7) is 1.74. The van der Waals surface area contributed by atoms with Crippen LogP contribution in [0.3, 0.4) is 0 Å². The van der Waals surface area contributed by atoms with Gasteiger partial charge in [-0.15, -0.1) is 0 Å². The molecule has 0 aromatic rings. The highest BCUT2D eigenvalue weighted by atomic mass is 16.2. The first-order chi connectivity index (χ1) is 7.31. The lowest BCUT2D eigenvalue weighted by molar-refractivity contribution is -0.132. The zero-order chi connectivity index (χ0) is 10.7. The largest absolute Gasteiger partial charge is 0.340 e. The predicted molar refractivity (Wildman–Crippen MR) is 60.4 cm³/mol. The summed E-state index contributed by atoms with van der Waals surface area (Å²) in [5.74, 6) is 1.12. The minimum Gasteiger partial charge on any atom is -0.340 e. The van der Waals surface area contributed by atoms with Crippen molar-refractivity contribution in [2.75, 3.05) is 13.1 Å². The Balaban J connectivity index is 1.79. The molecule has 15 heavy (non-hydrogen) atoms. The first-order valence-corrected chi connectivity index (χ1v) is 6.31. The molecule has 0 bridgehead atoms. The van der Waals surface area contributed by atoms with Crippen LogP contribution in [0.4, 0.5) is 0 Å². The summed E-state index contributed by atoms with van der Waals surface area (Å²) in [6.07, 6.45) is 7.88. The van der Waals surface area contributed by atoms with Crippen molar-refractivity contribution in [3.8, 4) is 0 Å². The van der Waals surface area contributed by atoms with Crippen molar-refractivity contribution in [3.05, 3.63) is 0 Å². The summed E-state index contributed by atoms with van der Waals surface area (Å²) >= 11 is 0. The Labute approximate surface area is 92.0 Å². The van der Waals surface area contributed by atoms with Crippen LogP contribution in [-0.2, 0) is 4.79 Å². The third-order valence-electron chi connectivity index (χ3n) is 3.60. The minimum atomic E-state index is 0.400. The average molecular weight is 210 g/mol. The molecule has 3 nitrogen and oxygen atoms in total. The number of carbonyl (C=O) groups excluding carboxylic acids is 1. The van der Waals surface area contributed by atoms with Crippen LogP contribution in [0.15, 0.2) is 0 Å². The van der Waals surface area contributed by atoms with E-state index in [4.69, 9.17) is 5.73 Å². The number of hydrogen-bond acceptors (Lipinski definition) is 2. The van der Waals surface area contributed by atoms with Gasteiger partial charge in [-0.05, 0) is 51.0 Å². The Hall–Kier alpha value is -0.570. The lowest BCUT2D eigenvalue weighted by Crippen LogP contribution is -2.35. The van der Waals surface area contributed by atoms with Gasteiger partial charge in [0.1, 0.15) is 0 Å². The van der Waals surface area contributed by atoms with Gasteiger partial charge >= 0.3 is 0 Å². The maximum atomic E-state index is 12.0. The molecular weight excluding hydrogens is 188 g/mol. The Bertz CT molecular complexity index is 226. The monoisotopic (exact) mass is 210 g/mol. The first-order valence-electron chi connectivity index (χ1n) is 6.31. The topological polar surface area (TPSA) is 46.3 Å². The van der Waals surface area contributed by atoms with Crippen LogP contribution in [0.1, 0.15) is 44.9 Å². The van der Waals surface area contributed by atoms with Crippen LogP contribution in [0, 0.1) is 5.92 Å². The lowest BCUT2D eigenvalue weighted by atomic mass is 10.1. The molecule has 2 fully saturated rings. The number of carbonyl (C=O) groups is 1. The Kier molecular flexibility index (Phi) is 3.62. The maximum Gasteiger partial charge on any atom is 0.223 e. The molecule has 86 valence electrons. The SMILES string of the molecule is NCCCC1CCCN1C(=O)CC1CC1. The fourth-order valence-electron chi connectivity index (χ4n) is 2.50. The maximum absolute atomic E-state index is 12.0. The van der Waals surface area contributed by atoms with E-state index in [1.54, 1.807) is 0 Å². The van der Waals surface area contributed by atoms with Gasteiger partial charge in [0.25, 0.3) is 0 Å². The standard InChI is InChI=1S/C12H22N2O/c13-7-1-3-11-4-2-8-14(11)12(15)9-10-5-6-10/h10-11H,1-9,13H2. The molecule has 2 rings (SSSR count). The molecule has 2 N–H and O–H groups in total. The normalized spacial score (nSPS) is 25.9. The van der Waals surface area contributed by atoms with Crippen molar-refractivity contribution >= 4 is 5.91 Å². The van der Waals surface area contributed by atoms with Gasteiger partial charge in [0, 0.05) is 19.0 Å². The van der Waals surface area contributed by atoms with Crippen molar-refractivity contribution in [1.29, 1.82) is 0 Å². The van der Waals surface area contributed by atoms with Gasteiger partial charge < -0.3 is 10.6 Å². The summed E-state index contributed by atoms with van der Waals surface area (Å²) < 4.78 is 0. The second-order valence-corrected chi connectivity index (χ2v) is 4.96. The van der Waals surface area contributed by atoms with Crippen LogP contribution >= 0.6 is 0 Å². The smallest absolute Gasteiger partial charge is 0.223 e. The molecule has 0 aromatic heterocycles. The molecule has 1 atom stereocenters. The number of nitrogens with two attached hydrogens (primary N) is 1. The van der Waals surface area contributed by atoms with E-state index >= 15 is 0 Å². The van der Waals surface area contributed by atoms with Gasteiger partial charge in [0.05, 0.1) is 0 Å². The van der Waals surface area contributed by atoms with Crippen molar-refractivity contribution in [3.63, 3.8) is 0 Å². The molecule has 1 aliphatic heterocycles. The zero-order valence-corrected chi connectivity index (χ0v) is 9.45. The van der Waals surface area contributed by atoms with Gasteiger partial charge in [-0.2, -0.15) is 0 Å². The van der Waals surface area contributed by atoms with Crippen LogP contribution in [0.5, 0.6) is 0 Å². The zero-order valence-electron chi connectivity index (χ0n) is 9.45. The van der Waals surface area contributed by atoms with E-state index in [9.17, 15) is 4.79 Å². The van der Waals surface area contributed by atoms with Gasteiger partial charge in [-0.3, -0.25) is 4.79 Å². The number of hydrogen-bond donors (Lipinski definition) is 1. The summed E-state index contributed by atoms with van der Waals surface area (Å²) in [7, 11) is 0. The van der Waals surface area contributed by atoms with E-state index in [1.165, 1.54) is 25.7 Å². The molecule has 1 amide bonds. The van der Waals surface area contributed by atoms with Crippen molar-refractivity contribution in [2.24, 2.45) is 11.7 Å². The van der Waals surface area contributed by atoms with E-state index in [-0.39, 0.29) is 0 Å². The molecule has 1 saturated carbocycles. The van der Waals surface area contributed by atoms with Gasteiger partial charge in [0.2, 0.25) is 5.91 Å². The van der Waals surface area contributed by atoms with Gasteiger partial charge in [-0.25, -0.2) is 0 Å². The van der Waals surface area contributed by atoms with Crippen molar-refractivity contribution < 1.29 is 4.79 Å². The summed E-state index contributed by atoms with van der Waals surface area (Å²) in [5.41, 5.74) is 5.52. The summed E-state index contributed by atoms with van der Waals surface area (Å²) in [4.78, 5) is 14.1. The molecule has 1 unspecified atom stereocenters. The number of rotatable bonds is 5. The fourth-order valence-corrected chi connectivity index (χ4v) is 2.50. The molecule has 0 radical (unpaired) electrons. The predicted octanol–water partition coefficient (Wildman–Crippen LogP) is 1.52. The minimum absolute atomic E-state index is 0.400. The van der Waals surface area contributed by atoms with E-state index in [0.717, 1.165) is 32.4 Å². The van der Waals surface area contributed by atoms with Crippen LogP contribution in [0.25, 0.3) is 0 Å². The average Bonchev–Trinajstić information content (AvgIpc) is 2.91. The van der Waals surface area contributed by atoms with Crippen molar-refractivity contribution in [1.82, 2.24) is 4.90 Å². The number of nitrogens with zero attached hydrogens (tertiary/aromatic N) is 1. The highest BCUT2D eigenvalue weighted by Crippen LogP contribution is 2.34. The Morgan fingerprint density at radius 2 is 2.13 bits per heavy atom. The molecule has 1 aliphatic carbocycles. The molecular formula is C12H22N2O. The summed E-state index contributed by atoms with van der Waals surface area (Å²) in [6, 6.07) is 0.500. The van der Waals surface area contributed by atoms with Crippen LogP contribution < -0.4 is 5.73 Å². The second kappa shape index (κ2) is 4.97. The third-order valence-corrected chi connectivity index (χ3v) is 3.60. The van der Waals surface area contributed by atoms with Crippen LogP contribution in [-0.4, -0.2) is 29.9 Å².